The number of unbranched alkanes of at least 4 members (excludes halogenated alkanes) is 8. The molecule has 3 rings (SSSR count). The van der Waals surface area contributed by atoms with Crippen LogP contribution in [0.4, 0.5) is 4.79 Å². The van der Waals surface area contributed by atoms with Gasteiger partial charge in [-0.2, -0.15) is 0 Å². The number of nitrogens with zero attached hydrogens (tertiary/aromatic N) is 2. The van der Waals surface area contributed by atoms with Crippen molar-refractivity contribution < 1.29 is 29.3 Å². The smallest absolute Gasteiger partial charge is 0.421 e. The SMILES string of the molecule is CCCCC/C=C\C/C=C\CCCCCCCC(=O)OC(C)OC(=O)n1cc(C(O)(O)C2CCCN2C)c2ccccc21. The van der Waals surface area contributed by atoms with Crippen LogP contribution in [0.1, 0.15) is 109 Å². The zero-order valence-electron chi connectivity index (χ0n) is 26.4. The van der Waals surface area contributed by atoms with E-state index in [0.29, 0.717) is 17.3 Å². The van der Waals surface area contributed by atoms with Gasteiger partial charge in [-0.25, -0.2) is 4.79 Å². The summed E-state index contributed by atoms with van der Waals surface area (Å²) in [4.78, 5) is 27.3. The predicted molar refractivity (Wildman–Crippen MR) is 170 cm³/mol. The fourth-order valence-corrected chi connectivity index (χ4v) is 5.77. The van der Waals surface area contributed by atoms with Crippen molar-refractivity contribution in [3.05, 3.63) is 60.3 Å². The average Bonchev–Trinajstić information content (AvgIpc) is 3.60. The Balaban J connectivity index is 1.36. The Labute approximate surface area is 257 Å². The molecule has 0 spiro atoms. The maximum atomic E-state index is 13.1. The third kappa shape index (κ3) is 10.6. The molecule has 0 bridgehead atoms. The van der Waals surface area contributed by atoms with Crippen LogP contribution in [0.2, 0.25) is 0 Å². The molecule has 2 aromatic rings. The summed E-state index contributed by atoms with van der Waals surface area (Å²) in [5.74, 6) is -2.55. The number of rotatable bonds is 18. The normalized spacial score (nSPS) is 16.9. The number of para-hydroxylation sites is 1. The maximum absolute atomic E-state index is 13.1. The van der Waals surface area contributed by atoms with Gasteiger partial charge >= 0.3 is 12.1 Å². The number of aliphatic hydroxyl groups is 2. The summed E-state index contributed by atoms with van der Waals surface area (Å²) < 4.78 is 12.0. The van der Waals surface area contributed by atoms with Crippen molar-refractivity contribution in [1.29, 1.82) is 0 Å². The number of likely N-dealkylation sites (N-methyl/N-ethyl adjacent to an activating group) is 1. The fourth-order valence-electron chi connectivity index (χ4n) is 5.77. The van der Waals surface area contributed by atoms with Crippen LogP contribution in [0.25, 0.3) is 10.9 Å². The van der Waals surface area contributed by atoms with Crippen LogP contribution in [0.5, 0.6) is 0 Å². The van der Waals surface area contributed by atoms with Crippen molar-refractivity contribution >= 4 is 23.0 Å². The lowest BCUT2D eigenvalue weighted by molar-refractivity contribution is -0.206. The molecule has 43 heavy (non-hydrogen) atoms. The number of carbonyl (C=O) groups is 2. The molecule has 2 unspecified atom stereocenters. The number of hydrogen-bond acceptors (Lipinski definition) is 7. The highest BCUT2D eigenvalue weighted by Crippen LogP contribution is 2.37. The number of ether oxygens (including phenoxy) is 2. The minimum Gasteiger partial charge on any atom is -0.425 e. The Kier molecular flexibility index (Phi) is 14.5. The summed E-state index contributed by atoms with van der Waals surface area (Å²) in [5, 5.41) is 22.9. The second-order valence-corrected chi connectivity index (χ2v) is 11.7. The van der Waals surface area contributed by atoms with Crippen LogP contribution in [-0.2, 0) is 20.1 Å². The second-order valence-electron chi connectivity index (χ2n) is 11.7. The number of aromatic nitrogens is 1. The zero-order valence-corrected chi connectivity index (χ0v) is 26.4. The molecule has 2 N–H and O–H groups in total. The highest BCUT2D eigenvalue weighted by molar-refractivity contribution is 5.92. The molecule has 0 saturated carbocycles. The van der Waals surface area contributed by atoms with E-state index in [9.17, 15) is 19.8 Å². The highest BCUT2D eigenvalue weighted by Gasteiger charge is 2.43. The molecule has 1 fully saturated rings. The van der Waals surface area contributed by atoms with Gasteiger partial charge in [-0.05, 0) is 71.0 Å². The van der Waals surface area contributed by atoms with E-state index >= 15 is 0 Å². The van der Waals surface area contributed by atoms with Gasteiger partial charge in [-0.15, -0.1) is 0 Å². The van der Waals surface area contributed by atoms with Crippen molar-refractivity contribution in [1.82, 2.24) is 9.47 Å². The predicted octanol–water partition coefficient (Wildman–Crippen LogP) is 7.56. The van der Waals surface area contributed by atoms with Crippen LogP contribution < -0.4 is 0 Å². The summed E-state index contributed by atoms with van der Waals surface area (Å²) in [7, 11) is 1.86. The molecule has 1 aliphatic rings. The van der Waals surface area contributed by atoms with Crippen LogP contribution in [0.3, 0.4) is 0 Å². The maximum Gasteiger partial charge on any atom is 0.421 e. The minimum atomic E-state index is -2.14. The number of benzene rings is 1. The van der Waals surface area contributed by atoms with Gasteiger partial charge in [0, 0.05) is 30.5 Å². The Morgan fingerprint density at radius 3 is 2.35 bits per heavy atom. The monoisotopic (exact) mass is 596 g/mol. The lowest BCUT2D eigenvalue weighted by atomic mass is 9.96. The number of allylic oxidation sites excluding steroid dienone is 4. The molecule has 8 heteroatoms. The summed E-state index contributed by atoms with van der Waals surface area (Å²) in [5.41, 5.74) is 0.726. The molecule has 1 aliphatic heterocycles. The van der Waals surface area contributed by atoms with E-state index < -0.39 is 30.2 Å². The van der Waals surface area contributed by atoms with Gasteiger partial charge < -0.3 is 19.7 Å². The Morgan fingerprint density at radius 1 is 0.977 bits per heavy atom. The van der Waals surface area contributed by atoms with E-state index in [1.54, 1.807) is 24.3 Å². The number of carbonyl (C=O) groups excluding carboxylic acids is 2. The zero-order chi connectivity index (χ0) is 31.1. The molecule has 1 saturated heterocycles. The number of hydrogen-bond donors (Lipinski definition) is 2. The second kappa shape index (κ2) is 18.0. The van der Waals surface area contributed by atoms with Crippen molar-refractivity contribution in [2.24, 2.45) is 0 Å². The summed E-state index contributed by atoms with van der Waals surface area (Å²) >= 11 is 0. The van der Waals surface area contributed by atoms with Crippen molar-refractivity contribution in [3.63, 3.8) is 0 Å². The third-order valence-electron chi connectivity index (χ3n) is 8.19. The van der Waals surface area contributed by atoms with E-state index in [1.165, 1.54) is 43.4 Å². The van der Waals surface area contributed by atoms with Crippen molar-refractivity contribution in [2.45, 2.75) is 122 Å². The highest BCUT2D eigenvalue weighted by atomic mass is 16.7. The summed E-state index contributed by atoms with van der Waals surface area (Å²) in [6.07, 6.45) is 22.5. The molecule has 0 aliphatic carbocycles. The van der Waals surface area contributed by atoms with Gasteiger partial charge in [-0.1, -0.05) is 81.5 Å². The van der Waals surface area contributed by atoms with Gasteiger partial charge in [-0.3, -0.25) is 14.3 Å². The van der Waals surface area contributed by atoms with Gasteiger partial charge in [0.2, 0.25) is 12.1 Å². The summed E-state index contributed by atoms with van der Waals surface area (Å²) in [6.45, 7) is 4.50. The molecule has 1 aromatic carbocycles. The van der Waals surface area contributed by atoms with Gasteiger partial charge in [0.1, 0.15) is 0 Å². The van der Waals surface area contributed by atoms with Crippen LogP contribution in [-0.4, -0.2) is 57.7 Å². The minimum absolute atomic E-state index is 0.241. The van der Waals surface area contributed by atoms with Gasteiger partial charge in [0.05, 0.1) is 11.6 Å². The standard InChI is InChI=1S/C35H52N2O6/c1-4-5-6-7-8-9-10-11-12-13-14-15-16-17-18-25-33(38)42-28(2)43-34(39)37-27-30(29-22-19-20-23-31(29)37)35(40,41)32-24-21-26-36(32)3/h8-9,11-12,19-20,22-23,27-28,32,40-41H,4-7,10,13-18,21,24-26H2,1-3H3/b9-8-,12-11-. The number of fused-ring (bicyclic) bond motifs is 1. The number of esters is 1. The lowest BCUT2D eigenvalue weighted by Crippen LogP contribution is -2.45. The first kappa shape index (κ1) is 34.5. The molecule has 2 heterocycles. The molecule has 0 amide bonds. The molecule has 1 aromatic heterocycles. The van der Waals surface area contributed by atoms with Crippen molar-refractivity contribution in [2.75, 3.05) is 13.6 Å². The summed E-state index contributed by atoms with van der Waals surface area (Å²) in [6, 6.07) is 6.53. The van der Waals surface area contributed by atoms with Gasteiger partial charge in [0.25, 0.3) is 0 Å². The molecule has 2 atom stereocenters. The van der Waals surface area contributed by atoms with Crippen LogP contribution in [0, 0.1) is 0 Å². The molecule has 238 valence electrons. The average molecular weight is 597 g/mol. The first-order valence-electron chi connectivity index (χ1n) is 16.2. The molecular formula is C35H52N2O6. The molecular weight excluding hydrogens is 544 g/mol. The van der Waals surface area contributed by atoms with Crippen LogP contribution in [0.15, 0.2) is 54.8 Å². The molecule has 0 radical (unpaired) electrons. The Morgan fingerprint density at radius 2 is 1.65 bits per heavy atom. The topological polar surface area (TPSA) is 101 Å². The Hall–Kier alpha value is -2.94. The largest absolute Gasteiger partial charge is 0.425 e. The van der Waals surface area contributed by atoms with Crippen LogP contribution >= 0.6 is 0 Å². The lowest BCUT2D eigenvalue weighted by Gasteiger charge is -2.32. The first-order chi connectivity index (χ1) is 20.8. The van der Waals surface area contributed by atoms with Gasteiger partial charge in [0.15, 0.2) is 0 Å². The van der Waals surface area contributed by atoms with Crippen molar-refractivity contribution in [3.8, 4) is 0 Å². The molecule has 8 nitrogen and oxygen atoms in total. The fraction of sp³-hybridized carbons (Fsp3) is 0.600. The van der Waals surface area contributed by atoms with E-state index in [1.807, 2.05) is 11.9 Å². The van der Waals surface area contributed by atoms with E-state index in [4.69, 9.17) is 9.47 Å². The quantitative estimate of drug-likeness (QED) is 0.0792. The first-order valence-corrected chi connectivity index (χ1v) is 16.2. The number of likely N-dealkylation sites (tertiary alicyclic amines) is 1. The van der Waals surface area contributed by atoms with E-state index in [0.717, 1.165) is 57.9 Å². The van der Waals surface area contributed by atoms with E-state index in [-0.39, 0.29) is 12.0 Å². The third-order valence-corrected chi connectivity index (χ3v) is 8.19. The van der Waals surface area contributed by atoms with E-state index in [2.05, 4.69) is 31.2 Å². The Bertz CT molecular complexity index is 1200.